The molecule has 1 N–H and O–H groups in total. The molecule has 1 aliphatic carbocycles. The Balaban J connectivity index is 2.04. The summed E-state index contributed by atoms with van der Waals surface area (Å²) >= 11 is 6.23. The zero-order chi connectivity index (χ0) is 12.3. The fraction of sp³-hybridized carbons (Fsp3) is 0.571. The smallest absolute Gasteiger partial charge is 0.0967 e. The third kappa shape index (κ3) is 3.98. The fourth-order valence-corrected chi connectivity index (χ4v) is 2.11. The summed E-state index contributed by atoms with van der Waals surface area (Å²) in [5, 5.41) is 4.29. The molecule has 0 aliphatic heterocycles. The zero-order valence-corrected chi connectivity index (χ0v) is 11.2. The Labute approximate surface area is 108 Å². The van der Waals surface area contributed by atoms with Crippen LogP contribution in [0, 0.1) is 0 Å². The topological polar surface area (TPSA) is 21.3 Å². The quantitative estimate of drug-likeness (QED) is 0.837. The van der Waals surface area contributed by atoms with E-state index in [0.29, 0.717) is 6.04 Å². The van der Waals surface area contributed by atoms with Gasteiger partial charge in [-0.05, 0) is 32.8 Å². The van der Waals surface area contributed by atoms with Crippen LogP contribution < -0.4 is 5.32 Å². The minimum atomic E-state index is 0.0456. The Bertz CT molecular complexity index is 363. The third-order valence-electron chi connectivity index (χ3n) is 2.86. The van der Waals surface area contributed by atoms with E-state index in [1.807, 2.05) is 24.3 Å². The van der Waals surface area contributed by atoms with Gasteiger partial charge >= 0.3 is 0 Å². The molecule has 0 aromatic heterocycles. The van der Waals surface area contributed by atoms with Crippen LogP contribution in [0.1, 0.15) is 38.4 Å². The summed E-state index contributed by atoms with van der Waals surface area (Å²) in [5.41, 5.74) is 1.08. The fourth-order valence-electron chi connectivity index (χ4n) is 1.86. The molecule has 2 nitrogen and oxygen atoms in total. The summed E-state index contributed by atoms with van der Waals surface area (Å²) in [6, 6.07) is 8.62. The molecule has 0 spiro atoms. The number of benzene rings is 1. The van der Waals surface area contributed by atoms with Crippen LogP contribution in [-0.4, -0.2) is 18.7 Å². The van der Waals surface area contributed by atoms with E-state index in [4.69, 9.17) is 16.3 Å². The first kappa shape index (κ1) is 12.9. The predicted octanol–water partition coefficient (Wildman–Crippen LogP) is 3.56. The second-order valence-corrected chi connectivity index (χ2v) is 5.28. The number of hydrogen-bond acceptors (Lipinski definition) is 2. The van der Waals surface area contributed by atoms with Crippen molar-refractivity contribution in [2.45, 2.75) is 44.9 Å². The van der Waals surface area contributed by atoms with Gasteiger partial charge in [-0.2, -0.15) is 0 Å². The first-order valence-corrected chi connectivity index (χ1v) is 6.68. The Morgan fingerprint density at radius 2 is 2.06 bits per heavy atom. The first-order valence-electron chi connectivity index (χ1n) is 6.30. The SMILES string of the molecule is CC(C)OC(CNC1CC1)c1ccccc1Cl. The Kier molecular flexibility index (Phi) is 4.43. The monoisotopic (exact) mass is 253 g/mol. The maximum absolute atomic E-state index is 6.23. The zero-order valence-electron chi connectivity index (χ0n) is 10.4. The number of halogens is 1. The van der Waals surface area contributed by atoms with E-state index >= 15 is 0 Å². The van der Waals surface area contributed by atoms with Crippen molar-refractivity contribution in [2.24, 2.45) is 0 Å². The Morgan fingerprint density at radius 1 is 1.35 bits per heavy atom. The number of hydrogen-bond donors (Lipinski definition) is 1. The molecule has 2 rings (SSSR count). The predicted molar refractivity (Wildman–Crippen MR) is 71.4 cm³/mol. The van der Waals surface area contributed by atoms with Gasteiger partial charge in [0.1, 0.15) is 0 Å². The van der Waals surface area contributed by atoms with Gasteiger partial charge in [-0.3, -0.25) is 0 Å². The van der Waals surface area contributed by atoms with Gasteiger partial charge in [0, 0.05) is 23.2 Å². The molecule has 94 valence electrons. The molecular formula is C14H20ClNO. The van der Waals surface area contributed by atoms with Crippen molar-refractivity contribution in [3.8, 4) is 0 Å². The maximum Gasteiger partial charge on any atom is 0.0967 e. The summed E-state index contributed by atoms with van der Waals surface area (Å²) in [6.07, 6.45) is 2.83. The van der Waals surface area contributed by atoms with Gasteiger partial charge in [0.15, 0.2) is 0 Å². The average Bonchev–Trinajstić information content (AvgIpc) is 3.08. The molecule has 1 saturated carbocycles. The van der Waals surface area contributed by atoms with Gasteiger partial charge < -0.3 is 10.1 Å². The van der Waals surface area contributed by atoms with Crippen molar-refractivity contribution in [2.75, 3.05) is 6.54 Å². The molecule has 0 amide bonds. The van der Waals surface area contributed by atoms with Gasteiger partial charge in [0.2, 0.25) is 0 Å². The van der Waals surface area contributed by atoms with E-state index in [1.54, 1.807) is 0 Å². The highest BCUT2D eigenvalue weighted by molar-refractivity contribution is 6.31. The van der Waals surface area contributed by atoms with Gasteiger partial charge in [-0.25, -0.2) is 0 Å². The summed E-state index contributed by atoms with van der Waals surface area (Å²) in [5.74, 6) is 0. The lowest BCUT2D eigenvalue weighted by molar-refractivity contribution is 0.00698. The maximum atomic E-state index is 6.23. The average molecular weight is 254 g/mol. The summed E-state index contributed by atoms with van der Waals surface area (Å²) in [6.45, 7) is 4.95. The highest BCUT2D eigenvalue weighted by Gasteiger charge is 2.24. The van der Waals surface area contributed by atoms with E-state index in [2.05, 4.69) is 19.2 Å². The molecule has 1 aromatic rings. The molecule has 0 radical (unpaired) electrons. The van der Waals surface area contributed by atoms with Crippen LogP contribution in [0.2, 0.25) is 5.02 Å². The molecular weight excluding hydrogens is 234 g/mol. The molecule has 0 saturated heterocycles. The Hall–Kier alpha value is -0.570. The highest BCUT2D eigenvalue weighted by Crippen LogP contribution is 2.27. The lowest BCUT2D eigenvalue weighted by Crippen LogP contribution is -2.27. The highest BCUT2D eigenvalue weighted by atomic mass is 35.5. The minimum absolute atomic E-state index is 0.0456. The van der Waals surface area contributed by atoms with Crippen molar-refractivity contribution in [3.63, 3.8) is 0 Å². The van der Waals surface area contributed by atoms with E-state index in [0.717, 1.165) is 17.1 Å². The van der Waals surface area contributed by atoms with Crippen molar-refractivity contribution >= 4 is 11.6 Å². The van der Waals surface area contributed by atoms with Crippen molar-refractivity contribution < 1.29 is 4.74 Å². The van der Waals surface area contributed by atoms with Gasteiger partial charge in [-0.1, -0.05) is 29.8 Å². The second-order valence-electron chi connectivity index (χ2n) is 4.88. The van der Waals surface area contributed by atoms with Crippen LogP contribution in [-0.2, 0) is 4.74 Å². The van der Waals surface area contributed by atoms with Gasteiger partial charge in [0.25, 0.3) is 0 Å². The van der Waals surface area contributed by atoms with E-state index in [-0.39, 0.29) is 12.2 Å². The largest absolute Gasteiger partial charge is 0.369 e. The van der Waals surface area contributed by atoms with Crippen LogP contribution in [0.15, 0.2) is 24.3 Å². The molecule has 1 fully saturated rings. The molecule has 0 heterocycles. The van der Waals surface area contributed by atoms with Crippen LogP contribution in [0.5, 0.6) is 0 Å². The van der Waals surface area contributed by atoms with Gasteiger partial charge in [0.05, 0.1) is 12.2 Å². The van der Waals surface area contributed by atoms with Crippen LogP contribution in [0.25, 0.3) is 0 Å². The lowest BCUT2D eigenvalue weighted by Gasteiger charge is -2.22. The van der Waals surface area contributed by atoms with E-state index in [1.165, 1.54) is 12.8 Å². The second kappa shape index (κ2) is 5.85. The molecule has 17 heavy (non-hydrogen) atoms. The standard InChI is InChI=1S/C14H20ClNO/c1-10(2)17-14(9-16-11-7-8-11)12-5-3-4-6-13(12)15/h3-6,10-11,14,16H,7-9H2,1-2H3. The molecule has 3 heteroatoms. The molecule has 1 atom stereocenters. The van der Waals surface area contributed by atoms with Crippen LogP contribution in [0.4, 0.5) is 0 Å². The van der Waals surface area contributed by atoms with E-state index < -0.39 is 0 Å². The number of rotatable bonds is 6. The van der Waals surface area contributed by atoms with Gasteiger partial charge in [-0.15, -0.1) is 0 Å². The van der Waals surface area contributed by atoms with Crippen molar-refractivity contribution in [1.29, 1.82) is 0 Å². The number of ether oxygens (including phenoxy) is 1. The third-order valence-corrected chi connectivity index (χ3v) is 3.20. The van der Waals surface area contributed by atoms with E-state index in [9.17, 15) is 0 Å². The first-order chi connectivity index (χ1) is 8.16. The molecule has 1 aromatic carbocycles. The van der Waals surface area contributed by atoms with Crippen LogP contribution >= 0.6 is 11.6 Å². The Morgan fingerprint density at radius 3 is 2.65 bits per heavy atom. The summed E-state index contributed by atoms with van der Waals surface area (Å²) in [4.78, 5) is 0. The number of nitrogens with one attached hydrogen (secondary N) is 1. The lowest BCUT2D eigenvalue weighted by atomic mass is 10.1. The molecule has 1 unspecified atom stereocenters. The summed E-state index contributed by atoms with van der Waals surface area (Å²) in [7, 11) is 0. The normalized spacial score (nSPS) is 17.4. The minimum Gasteiger partial charge on any atom is -0.369 e. The van der Waals surface area contributed by atoms with Crippen molar-refractivity contribution in [1.82, 2.24) is 5.32 Å². The molecule has 0 bridgehead atoms. The van der Waals surface area contributed by atoms with Crippen molar-refractivity contribution in [3.05, 3.63) is 34.9 Å². The molecule has 1 aliphatic rings. The van der Waals surface area contributed by atoms with Crippen LogP contribution in [0.3, 0.4) is 0 Å². The summed E-state index contributed by atoms with van der Waals surface area (Å²) < 4.78 is 5.95.